The maximum Gasteiger partial charge on any atom is 0.290 e. The molecule has 0 fully saturated rings. The van der Waals surface area contributed by atoms with Gasteiger partial charge in [0.2, 0.25) is 5.78 Å². The number of aliphatic hydroxyl groups is 1. The number of ketones is 1. The first-order chi connectivity index (χ1) is 17.0. The molecule has 178 valence electrons. The number of fused-ring (bicyclic) bond motifs is 1. The molecule has 0 radical (unpaired) electrons. The number of methoxy groups -OCH3 is 2. The summed E-state index contributed by atoms with van der Waals surface area (Å²) in [6, 6.07) is 15.8. The van der Waals surface area contributed by atoms with Crippen molar-refractivity contribution >= 4 is 33.9 Å². The minimum Gasteiger partial charge on any atom is -0.503 e. The smallest absolute Gasteiger partial charge is 0.290 e. The highest BCUT2D eigenvalue weighted by molar-refractivity contribution is 7.12. The Morgan fingerprint density at radius 1 is 1.09 bits per heavy atom. The van der Waals surface area contributed by atoms with Crippen LogP contribution in [-0.2, 0) is 11.2 Å². The molecule has 4 aromatic rings. The van der Waals surface area contributed by atoms with Crippen LogP contribution in [0.4, 0.5) is 0 Å². The zero-order chi connectivity index (χ0) is 24.5. The number of hydrogen-bond acceptors (Lipinski definition) is 6. The molecule has 3 heterocycles. The predicted molar refractivity (Wildman–Crippen MR) is 134 cm³/mol. The summed E-state index contributed by atoms with van der Waals surface area (Å²) >= 11 is 1.28. The number of carbonyl (C=O) groups excluding carboxylic acids is 2. The van der Waals surface area contributed by atoms with E-state index in [4.69, 9.17) is 9.47 Å². The Labute approximate surface area is 206 Å². The van der Waals surface area contributed by atoms with Gasteiger partial charge in [-0.25, -0.2) is 0 Å². The Morgan fingerprint density at radius 3 is 2.63 bits per heavy atom. The molecule has 1 aliphatic heterocycles. The van der Waals surface area contributed by atoms with E-state index < -0.39 is 17.7 Å². The SMILES string of the molecule is COc1cccc(C2C(C(=O)c3cccs3)=C(O)C(=O)N2CCc2c[nH]c3ccc(OC)cc23)c1. The summed E-state index contributed by atoms with van der Waals surface area (Å²) in [7, 11) is 3.18. The van der Waals surface area contributed by atoms with Gasteiger partial charge in [0.15, 0.2) is 5.76 Å². The van der Waals surface area contributed by atoms with Crippen LogP contribution in [0.25, 0.3) is 10.9 Å². The molecule has 0 bridgehead atoms. The van der Waals surface area contributed by atoms with E-state index in [0.717, 1.165) is 22.2 Å². The van der Waals surface area contributed by atoms with Crippen LogP contribution in [0.3, 0.4) is 0 Å². The molecule has 1 amide bonds. The van der Waals surface area contributed by atoms with Crippen LogP contribution in [0, 0.1) is 0 Å². The van der Waals surface area contributed by atoms with Crippen molar-refractivity contribution in [2.24, 2.45) is 0 Å². The quantitative estimate of drug-likeness (QED) is 0.338. The van der Waals surface area contributed by atoms with Crippen LogP contribution >= 0.6 is 11.3 Å². The molecule has 35 heavy (non-hydrogen) atoms. The van der Waals surface area contributed by atoms with Crippen LogP contribution in [0.5, 0.6) is 11.5 Å². The van der Waals surface area contributed by atoms with Crippen LogP contribution in [-0.4, -0.2) is 47.4 Å². The number of benzene rings is 2. The van der Waals surface area contributed by atoms with Crippen molar-refractivity contribution in [1.29, 1.82) is 0 Å². The summed E-state index contributed by atoms with van der Waals surface area (Å²) in [6.07, 6.45) is 2.43. The standard InChI is InChI=1S/C27H24N2O5S/c1-33-18-6-3-5-16(13-18)24-23(25(30)22-7-4-12-35-22)26(31)27(32)29(24)11-10-17-15-28-21-9-8-19(34-2)14-20(17)21/h3-9,12-15,24,28,31H,10-11H2,1-2H3. The molecule has 0 saturated heterocycles. The number of hydrogen-bond donors (Lipinski definition) is 2. The highest BCUT2D eigenvalue weighted by Gasteiger charge is 2.43. The number of amides is 1. The number of aromatic amines is 1. The fourth-order valence-corrected chi connectivity index (χ4v) is 5.22. The lowest BCUT2D eigenvalue weighted by molar-refractivity contribution is -0.129. The van der Waals surface area contributed by atoms with Crippen LogP contribution in [0.1, 0.15) is 26.8 Å². The van der Waals surface area contributed by atoms with Gasteiger partial charge in [0, 0.05) is 23.6 Å². The number of thiophene rings is 1. The first kappa shape index (κ1) is 22.7. The first-order valence-electron chi connectivity index (χ1n) is 11.1. The maximum absolute atomic E-state index is 13.4. The third-order valence-electron chi connectivity index (χ3n) is 6.30. The maximum atomic E-state index is 13.4. The van der Waals surface area contributed by atoms with Crippen molar-refractivity contribution < 1.29 is 24.2 Å². The van der Waals surface area contributed by atoms with Gasteiger partial charge in [-0.3, -0.25) is 9.59 Å². The van der Waals surface area contributed by atoms with Gasteiger partial charge in [0.25, 0.3) is 5.91 Å². The largest absolute Gasteiger partial charge is 0.503 e. The van der Waals surface area contributed by atoms with Gasteiger partial charge in [0.05, 0.1) is 30.7 Å². The normalized spacial score (nSPS) is 15.8. The lowest BCUT2D eigenvalue weighted by Crippen LogP contribution is -2.33. The summed E-state index contributed by atoms with van der Waals surface area (Å²) in [4.78, 5) is 31.9. The molecule has 1 unspecified atom stereocenters. The lowest BCUT2D eigenvalue weighted by Gasteiger charge is -2.27. The van der Waals surface area contributed by atoms with E-state index in [0.29, 0.717) is 29.2 Å². The second kappa shape index (κ2) is 9.31. The first-order valence-corrected chi connectivity index (χ1v) is 12.0. The Balaban J connectivity index is 1.52. The van der Waals surface area contributed by atoms with Crippen molar-refractivity contribution in [2.75, 3.05) is 20.8 Å². The van der Waals surface area contributed by atoms with Crippen LogP contribution in [0.2, 0.25) is 0 Å². The molecule has 0 spiro atoms. The number of H-pyrrole nitrogens is 1. The fraction of sp³-hybridized carbons (Fsp3) is 0.185. The number of aliphatic hydroxyl groups excluding tert-OH is 1. The van der Waals surface area contributed by atoms with E-state index in [9.17, 15) is 14.7 Å². The van der Waals surface area contributed by atoms with Gasteiger partial charge < -0.3 is 24.5 Å². The summed E-state index contributed by atoms with van der Waals surface area (Å²) in [5.41, 5.74) is 2.76. The Hall–Kier alpha value is -4.04. The van der Waals surface area contributed by atoms with Crippen molar-refractivity contribution in [2.45, 2.75) is 12.5 Å². The third-order valence-corrected chi connectivity index (χ3v) is 7.17. The van der Waals surface area contributed by atoms with Gasteiger partial charge in [-0.05, 0) is 59.3 Å². The third kappa shape index (κ3) is 4.06. The summed E-state index contributed by atoms with van der Waals surface area (Å²) in [6.45, 7) is 0.302. The van der Waals surface area contributed by atoms with Gasteiger partial charge >= 0.3 is 0 Å². The second-order valence-corrected chi connectivity index (χ2v) is 9.17. The van der Waals surface area contributed by atoms with Crippen molar-refractivity contribution in [3.63, 3.8) is 0 Å². The predicted octanol–water partition coefficient (Wildman–Crippen LogP) is 5.07. The number of Topliss-reactive ketones (excluding diaryl/α,β-unsaturated/α-hetero) is 1. The van der Waals surface area contributed by atoms with Crippen LogP contribution < -0.4 is 9.47 Å². The van der Waals surface area contributed by atoms with Crippen LogP contribution in [0.15, 0.2) is 77.5 Å². The van der Waals surface area contributed by atoms with E-state index in [-0.39, 0.29) is 11.4 Å². The highest BCUT2D eigenvalue weighted by atomic mass is 32.1. The molecular formula is C27H24N2O5S. The number of rotatable bonds is 8. The Bertz CT molecular complexity index is 1440. The number of nitrogens with one attached hydrogen (secondary N) is 1. The Kier molecular flexibility index (Phi) is 6.05. The zero-order valence-electron chi connectivity index (χ0n) is 19.3. The highest BCUT2D eigenvalue weighted by Crippen LogP contribution is 2.40. The van der Waals surface area contributed by atoms with Crippen molar-refractivity contribution in [3.8, 4) is 11.5 Å². The van der Waals surface area contributed by atoms with E-state index in [1.165, 1.54) is 11.3 Å². The number of ether oxygens (including phenoxy) is 2. The molecule has 0 aliphatic carbocycles. The molecule has 0 saturated carbocycles. The number of carbonyl (C=O) groups is 2. The molecule has 2 aromatic heterocycles. The minimum absolute atomic E-state index is 0.0892. The molecule has 1 atom stereocenters. The lowest BCUT2D eigenvalue weighted by atomic mass is 9.95. The molecule has 8 heteroatoms. The fourth-order valence-electron chi connectivity index (χ4n) is 4.55. The van der Waals surface area contributed by atoms with E-state index in [1.807, 2.05) is 36.5 Å². The Morgan fingerprint density at radius 2 is 1.89 bits per heavy atom. The number of nitrogens with zero attached hydrogens (tertiary/aromatic N) is 1. The molecule has 5 rings (SSSR count). The average Bonchev–Trinajstić information content (AvgIpc) is 3.62. The summed E-state index contributed by atoms with van der Waals surface area (Å²) in [5, 5.41) is 13.7. The monoisotopic (exact) mass is 488 g/mol. The van der Waals surface area contributed by atoms with Gasteiger partial charge in [0.1, 0.15) is 11.5 Å². The zero-order valence-corrected chi connectivity index (χ0v) is 20.1. The molecule has 1 aliphatic rings. The molecule has 2 aromatic carbocycles. The number of aromatic nitrogens is 1. The molecular weight excluding hydrogens is 464 g/mol. The minimum atomic E-state index is -0.730. The van der Waals surface area contributed by atoms with Crippen molar-refractivity contribution in [3.05, 3.63) is 93.5 Å². The van der Waals surface area contributed by atoms with Gasteiger partial charge in [-0.15, -0.1) is 11.3 Å². The molecule has 7 nitrogen and oxygen atoms in total. The summed E-state index contributed by atoms with van der Waals surface area (Å²) in [5.74, 6) is -0.0640. The average molecular weight is 489 g/mol. The van der Waals surface area contributed by atoms with E-state index >= 15 is 0 Å². The van der Waals surface area contributed by atoms with Gasteiger partial charge in [-0.2, -0.15) is 0 Å². The summed E-state index contributed by atoms with van der Waals surface area (Å²) < 4.78 is 10.7. The van der Waals surface area contributed by atoms with Gasteiger partial charge in [-0.1, -0.05) is 18.2 Å². The topological polar surface area (TPSA) is 91.9 Å². The van der Waals surface area contributed by atoms with E-state index in [2.05, 4.69) is 4.98 Å². The van der Waals surface area contributed by atoms with Crippen molar-refractivity contribution in [1.82, 2.24) is 9.88 Å². The molecule has 2 N–H and O–H groups in total. The van der Waals surface area contributed by atoms with E-state index in [1.54, 1.807) is 48.8 Å². The second-order valence-electron chi connectivity index (χ2n) is 8.22.